The average molecular weight is 419 g/mol. The van der Waals surface area contributed by atoms with Crippen LogP contribution in [-0.2, 0) is 25.8 Å². The Balaban J connectivity index is 1.87. The van der Waals surface area contributed by atoms with E-state index in [9.17, 15) is 13.2 Å². The summed E-state index contributed by atoms with van der Waals surface area (Å²) in [6.07, 6.45) is 5.05. The van der Waals surface area contributed by atoms with Gasteiger partial charge in [0.1, 0.15) is 0 Å². The van der Waals surface area contributed by atoms with E-state index in [-0.39, 0.29) is 31.0 Å². The second-order valence-electron chi connectivity index (χ2n) is 7.23. The Bertz CT molecular complexity index is 934. The lowest BCUT2D eigenvalue weighted by molar-refractivity contribution is -0.134. The highest BCUT2D eigenvalue weighted by Crippen LogP contribution is 2.35. The van der Waals surface area contributed by atoms with Crippen LogP contribution >= 0.6 is 0 Å². The molecule has 0 spiro atoms. The van der Waals surface area contributed by atoms with E-state index in [0.29, 0.717) is 0 Å². The van der Waals surface area contributed by atoms with Crippen molar-refractivity contribution in [2.45, 2.75) is 48.7 Å². The second kappa shape index (κ2) is 9.02. The molecule has 1 aliphatic heterocycles. The summed E-state index contributed by atoms with van der Waals surface area (Å²) in [4.78, 5) is 16.8. The highest BCUT2D eigenvalue weighted by atomic mass is 32.2. The van der Waals surface area contributed by atoms with Gasteiger partial charge in [0.05, 0.1) is 10.6 Å². The van der Waals surface area contributed by atoms with Gasteiger partial charge in [-0.1, -0.05) is 31.5 Å². The van der Waals surface area contributed by atoms with Crippen LogP contribution < -0.4 is 5.48 Å². The topological polar surface area (TPSA) is 106 Å². The van der Waals surface area contributed by atoms with Gasteiger partial charge < -0.3 is 4.74 Å². The summed E-state index contributed by atoms with van der Waals surface area (Å²) in [6.45, 7) is 2.42. The first-order chi connectivity index (χ1) is 13.9. The van der Waals surface area contributed by atoms with Gasteiger partial charge in [-0.3, -0.25) is 15.0 Å². The third kappa shape index (κ3) is 4.19. The summed E-state index contributed by atoms with van der Waals surface area (Å²) in [6, 6.07) is 10.3. The molecule has 1 aromatic carbocycles. The van der Waals surface area contributed by atoms with Crippen molar-refractivity contribution in [3.05, 3.63) is 48.2 Å². The number of aromatic nitrogens is 1. The Morgan fingerprint density at radius 3 is 2.41 bits per heavy atom. The van der Waals surface area contributed by atoms with Crippen LogP contribution in [0.3, 0.4) is 0 Å². The molecule has 1 saturated heterocycles. The van der Waals surface area contributed by atoms with E-state index in [1.165, 1.54) is 23.2 Å². The molecule has 8 heteroatoms. The number of aryl methyl sites for hydroxylation is 1. The first-order valence-electron chi connectivity index (χ1n) is 9.77. The standard InChI is InChI=1S/C21H26N2O5S/c1-2-3-4-16-5-10-19(22-15-16)17-6-8-18(9-7-17)29(26,27)21(20(24)23-25)11-13-28-14-12-21/h5-10,15,25H,2-4,11-14H2,1H3,(H,23,24). The van der Waals surface area contributed by atoms with Crippen LogP contribution in [0.5, 0.6) is 0 Å². The fourth-order valence-electron chi connectivity index (χ4n) is 3.58. The van der Waals surface area contributed by atoms with Crippen LogP contribution in [0.4, 0.5) is 0 Å². The van der Waals surface area contributed by atoms with E-state index >= 15 is 0 Å². The van der Waals surface area contributed by atoms with Crippen LogP contribution in [-0.4, -0.2) is 42.5 Å². The van der Waals surface area contributed by atoms with Crippen LogP contribution in [0.15, 0.2) is 47.5 Å². The zero-order chi connectivity index (χ0) is 20.9. The molecule has 1 aliphatic rings. The maximum atomic E-state index is 13.3. The van der Waals surface area contributed by atoms with Gasteiger partial charge in [-0.25, -0.2) is 13.9 Å². The maximum Gasteiger partial charge on any atom is 0.265 e. The molecule has 156 valence electrons. The molecule has 7 nitrogen and oxygen atoms in total. The Morgan fingerprint density at radius 2 is 1.86 bits per heavy atom. The number of sulfone groups is 1. The predicted octanol–water partition coefficient (Wildman–Crippen LogP) is 2.92. The normalized spacial score (nSPS) is 16.3. The fraction of sp³-hybridized carbons (Fsp3) is 0.429. The van der Waals surface area contributed by atoms with Crippen molar-refractivity contribution in [1.29, 1.82) is 0 Å². The van der Waals surface area contributed by atoms with Crippen LogP contribution in [0, 0.1) is 0 Å². The first kappa shape index (κ1) is 21.4. The predicted molar refractivity (Wildman–Crippen MR) is 108 cm³/mol. The summed E-state index contributed by atoms with van der Waals surface area (Å²) in [5.74, 6) is -0.922. The third-order valence-electron chi connectivity index (χ3n) is 5.43. The number of pyridine rings is 1. The average Bonchev–Trinajstić information content (AvgIpc) is 2.78. The number of nitrogens with zero attached hydrogens (tertiary/aromatic N) is 1. The van der Waals surface area contributed by atoms with E-state index in [1.54, 1.807) is 12.1 Å². The number of unbranched alkanes of at least 4 members (excludes halogenated alkanes) is 1. The quantitative estimate of drug-likeness (QED) is 0.529. The van der Waals surface area contributed by atoms with Gasteiger partial charge in [0.15, 0.2) is 14.6 Å². The monoisotopic (exact) mass is 418 g/mol. The third-order valence-corrected chi connectivity index (χ3v) is 7.95. The summed E-state index contributed by atoms with van der Waals surface area (Å²) in [5, 5.41) is 9.12. The number of hydrogen-bond acceptors (Lipinski definition) is 6. The number of amides is 1. The number of rotatable bonds is 7. The summed E-state index contributed by atoms with van der Waals surface area (Å²) in [5.41, 5.74) is 4.24. The maximum absolute atomic E-state index is 13.3. The van der Waals surface area contributed by atoms with Gasteiger partial charge in [-0.15, -0.1) is 0 Å². The molecular formula is C21H26N2O5S. The number of nitrogens with one attached hydrogen (secondary N) is 1. The van der Waals surface area contributed by atoms with Crippen molar-refractivity contribution in [2.24, 2.45) is 0 Å². The van der Waals surface area contributed by atoms with Gasteiger partial charge in [-0.05, 0) is 49.4 Å². The van der Waals surface area contributed by atoms with Gasteiger partial charge in [0.2, 0.25) is 0 Å². The van der Waals surface area contributed by atoms with Gasteiger partial charge in [0.25, 0.3) is 5.91 Å². The number of hydrogen-bond donors (Lipinski definition) is 2. The minimum atomic E-state index is -4.02. The molecule has 0 radical (unpaired) electrons. The molecule has 0 aliphatic carbocycles. The van der Waals surface area contributed by atoms with Crippen LogP contribution in [0.25, 0.3) is 11.3 Å². The molecule has 0 unspecified atom stereocenters. The Hall–Kier alpha value is -2.29. The zero-order valence-electron chi connectivity index (χ0n) is 16.4. The molecule has 1 fully saturated rings. The van der Waals surface area contributed by atoms with E-state index < -0.39 is 20.5 Å². The second-order valence-corrected chi connectivity index (χ2v) is 9.49. The van der Waals surface area contributed by atoms with E-state index in [1.807, 2.05) is 18.3 Å². The lowest BCUT2D eigenvalue weighted by atomic mass is 9.98. The Kier molecular flexibility index (Phi) is 6.66. The zero-order valence-corrected chi connectivity index (χ0v) is 17.2. The largest absolute Gasteiger partial charge is 0.381 e. The fourth-order valence-corrected chi connectivity index (χ4v) is 5.51. The Morgan fingerprint density at radius 1 is 1.17 bits per heavy atom. The number of ether oxygens (including phenoxy) is 1. The smallest absolute Gasteiger partial charge is 0.265 e. The number of carbonyl (C=O) groups is 1. The minimum absolute atomic E-state index is 0.00967. The first-order valence-corrected chi connectivity index (χ1v) is 11.3. The van der Waals surface area contributed by atoms with Crippen molar-refractivity contribution >= 4 is 15.7 Å². The SMILES string of the molecule is CCCCc1ccc(-c2ccc(S(=O)(=O)C3(C(=O)NO)CCOCC3)cc2)nc1. The summed E-state index contributed by atoms with van der Waals surface area (Å²) >= 11 is 0. The van der Waals surface area contributed by atoms with Crippen molar-refractivity contribution < 1.29 is 23.2 Å². The summed E-state index contributed by atoms with van der Waals surface area (Å²) < 4.78 is 30.0. The number of hydroxylamine groups is 1. The van der Waals surface area contributed by atoms with E-state index in [0.717, 1.165) is 30.5 Å². The molecule has 29 heavy (non-hydrogen) atoms. The Labute approximate surface area is 171 Å². The van der Waals surface area contributed by atoms with Crippen molar-refractivity contribution in [3.8, 4) is 11.3 Å². The highest BCUT2D eigenvalue weighted by molar-refractivity contribution is 7.93. The van der Waals surface area contributed by atoms with Crippen molar-refractivity contribution in [2.75, 3.05) is 13.2 Å². The number of carbonyl (C=O) groups excluding carboxylic acids is 1. The molecule has 2 heterocycles. The summed E-state index contributed by atoms with van der Waals surface area (Å²) in [7, 11) is -4.02. The number of benzene rings is 1. The van der Waals surface area contributed by atoms with Gasteiger partial charge >= 0.3 is 0 Å². The lowest BCUT2D eigenvalue weighted by Crippen LogP contribution is -2.54. The molecular weight excluding hydrogens is 392 g/mol. The molecule has 1 aromatic heterocycles. The lowest BCUT2D eigenvalue weighted by Gasteiger charge is -2.34. The molecule has 2 N–H and O–H groups in total. The molecule has 3 rings (SSSR count). The molecule has 1 amide bonds. The highest BCUT2D eigenvalue weighted by Gasteiger charge is 2.52. The van der Waals surface area contributed by atoms with E-state index in [4.69, 9.17) is 9.94 Å². The van der Waals surface area contributed by atoms with Gasteiger partial charge in [0, 0.05) is 25.0 Å². The van der Waals surface area contributed by atoms with Crippen LogP contribution in [0.2, 0.25) is 0 Å². The van der Waals surface area contributed by atoms with Crippen LogP contribution in [0.1, 0.15) is 38.2 Å². The molecule has 2 aromatic rings. The molecule has 0 saturated carbocycles. The molecule has 0 atom stereocenters. The minimum Gasteiger partial charge on any atom is -0.381 e. The van der Waals surface area contributed by atoms with Gasteiger partial charge in [-0.2, -0.15) is 0 Å². The van der Waals surface area contributed by atoms with Crippen molar-refractivity contribution in [1.82, 2.24) is 10.5 Å². The van der Waals surface area contributed by atoms with E-state index in [2.05, 4.69) is 11.9 Å². The van der Waals surface area contributed by atoms with Crippen molar-refractivity contribution in [3.63, 3.8) is 0 Å². The molecule has 0 bridgehead atoms.